The van der Waals surface area contributed by atoms with Crippen molar-refractivity contribution in [2.75, 3.05) is 6.61 Å². The summed E-state index contributed by atoms with van der Waals surface area (Å²) in [5.41, 5.74) is 0.471. The maximum absolute atomic E-state index is 12.0. The van der Waals surface area contributed by atoms with Crippen molar-refractivity contribution in [3.05, 3.63) is 12.2 Å². The molecule has 0 aliphatic heterocycles. The molecule has 0 saturated heterocycles. The van der Waals surface area contributed by atoms with Crippen molar-refractivity contribution in [3.8, 4) is 0 Å². The summed E-state index contributed by atoms with van der Waals surface area (Å²) in [6.07, 6.45) is 18.6. The zero-order valence-corrected chi connectivity index (χ0v) is 19.0. The summed E-state index contributed by atoms with van der Waals surface area (Å²) in [6, 6.07) is -1.16. The number of esters is 1. The molecule has 0 fully saturated rings. The zero-order chi connectivity index (χ0) is 20.2. The monoisotopic (exact) mass is 404 g/mol. The van der Waals surface area contributed by atoms with Crippen LogP contribution in [0.4, 0.5) is 8.78 Å². The number of ether oxygens (including phenoxy) is 1. The molecule has 0 aromatic carbocycles. The average molecular weight is 405 g/mol. The molecule has 0 amide bonds. The Hall–Kier alpha value is -0.713. The zero-order valence-electron chi connectivity index (χ0n) is 17.6. The number of halogens is 2. The summed E-state index contributed by atoms with van der Waals surface area (Å²) in [5.74, 6) is -0.277. The fourth-order valence-electron chi connectivity index (χ4n) is 3.16. The van der Waals surface area contributed by atoms with E-state index in [1.165, 1.54) is 70.6 Å². The minimum Gasteiger partial charge on any atom is -0.462 e. The van der Waals surface area contributed by atoms with Gasteiger partial charge in [0.25, 0.3) is 0 Å². The van der Waals surface area contributed by atoms with Gasteiger partial charge in [0, 0.05) is 5.57 Å². The topological polar surface area (TPSA) is 26.3 Å². The van der Waals surface area contributed by atoms with Gasteiger partial charge in [0.2, 0.25) is 6.05 Å². The molecule has 0 bridgehead atoms. The highest BCUT2D eigenvalue weighted by molar-refractivity contribution is 6.36. The molecule has 0 heterocycles. The predicted molar refractivity (Wildman–Crippen MR) is 114 cm³/mol. The van der Waals surface area contributed by atoms with Crippen LogP contribution in [-0.2, 0) is 9.53 Å². The Morgan fingerprint density at radius 3 is 1.52 bits per heavy atom. The minimum absolute atomic E-state index is 0.277. The van der Waals surface area contributed by atoms with E-state index in [1.54, 1.807) is 6.92 Å². The first kappa shape index (κ1) is 26.3. The smallest absolute Gasteiger partial charge is 0.333 e. The van der Waals surface area contributed by atoms with Gasteiger partial charge >= 0.3 is 5.97 Å². The molecule has 0 unspecified atom stereocenters. The van der Waals surface area contributed by atoms with Crippen molar-refractivity contribution in [2.45, 2.75) is 115 Å². The second-order valence-corrected chi connectivity index (χ2v) is 9.65. The third kappa shape index (κ3) is 21.4. The van der Waals surface area contributed by atoms with Gasteiger partial charge in [-0.2, -0.15) is 0 Å². The first-order chi connectivity index (χ1) is 13.0. The molecule has 27 heavy (non-hydrogen) atoms. The van der Waals surface area contributed by atoms with Gasteiger partial charge in [-0.25, -0.2) is 13.6 Å². The van der Waals surface area contributed by atoms with Crippen molar-refractivity contribution < 1.29 is 18.3 Å². The van der Waals surface area contributed by atoms with Crippen LogP contribution in [-0.4, -0.2) is 28.1 Å². The van der Waals surface area contributed by atoms with Gasteiger partial charge in [-0.1, -0.05) is 103 Å². The van der Waals surface area contributed by atoms with E-state index in [0.29, 0.717) is 12.2 Å². The molecule has 160 valence electrons. The second-order valence-electron chi connectivity index (χ2n) is 7.75. The minimum atomic E-state index is -1.98. The van der Waals surface area contributed by atoms with E-state index in [-0.39, 0.29) is 5.97 Å². The molecule has 5 heteroatoms. The van der Waals surface area contributed by atoms with Gasteiger partial charge in [0.1, 0.15) is 9.52 Å². The Balaban J connectivity index is 3.07. The maximum atomic E-state index is 12.0. The summed E-state index contributed by atoms with van der Waals surface area (Å²) in [5, 5.41) is 0. The van der Waals surface area contributed by atoms with Crippen LogP contribution in [0.25, 0.3) is 0 Å². The van der Waals surface area contributed by atoms with E-state index in [1.807, 2.05) is 0 Å². The van der Waals surface area contributed by atoms with E-state index >= 15 is 0 Å². The lowest BCUT2D eigenvalue weighted by Gasteiger charge is -2.05. The number of hydrogen-bond acceptors (Lipinski definition) is 2. The largest absolute Gasteiger partial charge is 0.462 e. The normalized spacial score (nSPS) is 11.6. The molecule has 2 nitrogen and oxygen atoms in total. The Morgan fingerprint density at radius 1 is 0.778 bits per heavy atom. The number of alkyl halides is 2. The van der Waals surface area contributed by atoms with E-state index in [2.05, 4.69) is 6.58 Å². The van der Waals surface area contributed by atoms with E-state index < -0.39 is 15.6 Å². The number of carbonyl (C=O) groups is 1. The fraction of sp³-hybridized carbons (Fsp3) is 0.864. The first-order valence-electron chi connectivity index (χ1n) is 11.1. The highest BCUT2D eigenvalue weighted by Crippen LogP contribution is 2.14. The highest BCUT2D eigenvalue weighted by atomic mass is 28.2. The lowest BCUT2D eigenvalue weighted by molar-refractivity contribution is -0.139. The third-order valence-corrected chi connectivity index (χ3v) is 6.24. The van der Waals surface area contributed by atoms with E-state index in [9.17, 15) is 13.6 Å². The van der Waals surface area contributed by atoms with Crippen LogP contribution in [0.1, 0.15) is 103 Å². The quantitative estimate of drug-likeness (QED) is 0.0969. The average Bonchev–Trinajstić information content (AvgIpc) is 2.63. The summed E-state index contributed by atoms with van der Waals surface area (Å²) in [6.45, 7) is 5.75. The van der Waals surface area contributed by atoms with Crippen molar-refractivity contribution in [3.63, 3.8) is 0 Å². The van der Waals surface area contributed by atoms with Crippen molar-refractivity contribution >= 4 is 15.5 Å². The molecular weight excluding hydrogens is 362 g/mol. The van der Waals surface area contributed by atoms with Crippen molar-refractivity contribution in [1.82, 2.24) is 0 Å². The van der Waals surface area contributed by atoms with E-state index in [0.717, 1.165) is 31.7 Å². The lowest BCUT2D eigenvalue weighted by atomic mass is 10.0. The summed E-state index contributed by atoms with van der Waals surface area (Å²) in [7, 11) is -1.08. The van der Waals surface area contributed by atoms with Crippen LogP contribution in [0.5, 0.6) is 0 Å². The van der Waals surface area contributed by atoms with Crippen LogP contribution >= 0.6 is 0 Å². The van der Waals surface area contributed by atoms with Gasteiger partial charge in [-0.15, -0.1) is 0 Å². The standard InChI is InChI=1S/C22H42F2O2Si/c1-20(2)21(25)26-18-16-14-12-10-8-6-4-3-5-7-9-11-13-15-17-19-27-22(23)24/h22H,1,3-19,27H2,2H3. The van der Waals surface area contributed by atoms with E-state index in [4.69, 9.17) is 4.74 Å². The Bertz CT molecular complexity index is 362. The molecule has 0 spiro atoms. The highest BCUT2D eigenvalue weighted by Gasteiger charge is 2.02. The van der Waals surface area contributed by atoms with Gasteiger partial charge in [0.05, 0.1) is 6.61 Å². The predicted octanol–water partition coefficient (Wildman–Crippen LogP) is 6.77. The van der Waals surface area contributed by atoms with Crippen LogP contribution in [0.2, 0.25) is 6.04 Å². The van der Waals surface area contributed by atoms with Gasteiger partial charge in [-0.05, 0) is 13.3 Å². The summed E-state index contributed by atoms with van der Waals surface area (Å²) >= 11 is 0. The Labute approximate surface area is 168 Å². The molecule has 0 N–H and O–H groups in total. The molecule has 0 aliphatic rings. The molecule has 0 aliphatic carbocycles. The van der Waals surface area contributed by atoms with Crippen LogP contribution in [0.3, 0.4) is 0 Å². The first-order valence-corrected chi connectivity index (χ1v) is 13.0. The van der Waals surface area contributed by atoms with Gasteiger partial charge in [-0.3, -0.25) is 0 Å². The molecule has 0 atom stereocenters. The molecule has 0 rings (SSSR count). The summed E-state index contributed by atoms with van der Waals surface area (Å²) in [4.78, 5) is 11.2. The number of rotatable bonds is 20. The summed E-state index contributed by atoms with van der Waals surface area (Å²) < 4.78 is 29.1. The second kappa shape index (κ2) is 20.0. The number of carbonyl (C=O) groups excluding carboxylic acids is 1. The molecule has 0 radical (unpaired) electrons. The fourth-order valence-corrected chi connectivity index (χ4v) is 4.11. The number of hydrogen-bond donors (Lipinski definition) is 0. The van der Waals surface area contributed by atoms with Crippen LogP contribution in [0, 0.1) is 0 Å². The van der Waals surface area contributed by atoms with Crippen molar-refractivity contribution in [2.24, 2.45) is 0 Å². The molecule has 0 aromatic rings. The SMILES string of the molecule is C=C(C)C(=O)OCCCCCCCCCCCCCCCCC[SiH2]C(F)F. The van der Waals surface area contributed by atoms with Gasteiger partial charge in [0.15, 0.2) is 0 Å². The maximum Gasteiger partial charge on any atom is 0.333 e. The lowest BCUT2D eigenvalue weighted by Crippen LogP contribution is -2.05. The van der Waals surface area contributed by atoms with Crippen LogP contribution < -0.4 is 0 Å². The Kier molecular flexibility index (Phi) is 19.5. The van der Waals surface area contributed by atoms with Crippen LogP contribution in [0.15, 0.2) is 12.2 Å². The third-order valence-electron chi connectivity index (χ3n) is 4.90. The number of unbranched alkanes of at least 4 members (excludes halogenated alkanes) is 14. The molecule has 0 aromatic heterocycles. The Morgan fingerprint density at radius 2 is 1.15 bits per heavy atom. The van der Waals surface area contributed by atoms with Gasteiger partial charge < -0.3 is 4.74 Å². The molecule has 0 saturated carbocycles. The van der Waals surface area contributed by atoms with Crippen molar-refractivity contribution in [1.29, 1.82) is 0 Å². The molecular formula is C22H42F2O2Si.